The molecule has 0 aromatic carbocycles. The molecule has 0 radical (unpaired) electrons. The SMILES string of the molecule is Cc1cc(CNC2CCC(C)CC2C)n(C)n1. The molecule has 1 fully saturated rings. The van der Waals surface area contributed by atoms with Crippen LogP contribution < -0.4 is 5.32 Å². The van der Waals surface area contributed by atoms with Crippen molar-refractivity contribution in [1.82, 2.24) is 15.1 Å². The van der Waals surface area contributed by atoms with Crippen molar-refractivity contribution < 1.29 is 0 Å². The van der Waals surface area contributed by atoms with Crippen molar-refractivity contribution in [2.45, 2.75) is 52.6 Å². The van der Waals surface area contributed by atoms with Gasteiger partial charge in [0.25, 0.3) is 0 Å². The van der Waals surface area contributed by atoms with E-state index in [4.69, 9.17) is 0 Å². The maximum Gasteiger partial charge on any atom is 0.0597 e. The Morgan fingerprint density at radius 2 is 2.18 bits per heavy atom. The van der Waals surface area contributed by atoms with Crippen LogP contribution in [0.5, 0.6) is 0 Å². The van der Waals surface area contributed by atoms with Crippen molar-refractivity contribution in [2.75, 3.05) is 0 Å². The number of hydrogen-bond acceptors (Lipinski definition) is 2. The van der Waals surface area contributed by atoms with Gasteiger partial charge in [-0.2, -0.15) is 5.10 Å². The van der Waals surface area contributed by atoms with E-state index in [0.29, 0.717) is 6.04 Å². The van der Waals surface area contributed by atoms with Gasteiger partial charge in [-0.25, -0.2) is 0 Å². The minimum Gasteiger partial charge on any atom is -0.308 e. The van der Waals surface area contributed by atoms with Crippen LogP contribution in [-0.2, 0) is 13.6 Å². The van der Waals surface area contributed by atoms with Gasteiger partial charge in [-0.3, -0.25) is 4.68 Å². The highest BCUT2D eigenvalue weighted by Gasteiger charge is 2.24. The predicted octanol–water partition coefficient (Wildman–Crippen LogP) is 2.64. The molecule has 2 rings (SSSR count). The summed E-state index contributed by atoms with van der Waals surface area (Å²) >= 11 is 0. The van der Waals surface area contributed by atoms with Crippen LogP contribution in [0.4, 0.5) is 0 Å². The topological polar surface area (TPSA) is 29.9 Å². The molecule has 3 atom stereocenters. The Labute approximate surface area is 105 Å². The Kier molecular flexibility index (Phi) is 3.87. The van der Waals surface area contributed by atoms with Gasteiger partial charge in [0.05, 0.1) is 11.4 Å². The second-order valence-corrected chi connectivity index (χ2v) is 5.78. The smallest absolute Gasteiger partial charge is 0.0597 e. The van der Waals surface area contributed by atoms with E-state index in [9.17, 15) is 0 Å². The van der Waals surface area contributed by atoms with Crippen LogP contribution in [-0.4, -0.2) is 15.8 Å². The van der Waals surface area contributed by atoms with Crippen molar-refractivity contribution in [1.29, 1.82) is 0 Å². The quantitative estimate of drug-likeness (QED) is 0.873. The fourth-order valence-electron chi connectivity index (χ4n) is 3.03. The van der Waals surface area contributed by atoms with Gasteiger partial charge in [-0.15, -0.1) is 0 Å². The summed E-state index contributed by atoms with van der Waals surface area (Å²) in [6.45, 7) is 7.74. The zero-order valence-corrected chi connectivity index (χ0v) is 11.5. The number of nitrogens with one attached hydrogen (secondary N) is 1. The lowest BCUT2D eigenvalue weighted by Crippen LogP contribution is -2.38. The molecular weight excluding hydrogens is 210 g/mol. The molecule has 0 spiro atoms. The Bertz CT molecular complexity index is 370. The van der Waals surface area contributed by atoms with E-state index in [2.05, 4.69) is 37.3 Å². The summed E-state index contributed by atoms with van der Waals surface area (Å²) in [6, 6.07) is 2.85. The van der Waals surface area contributed by atoms with E-state index in [1.165, 1.54) is 25.0 Å². The summed E-state index contributed by atoms with van der Waals surface area (Å²) in [4.78, 5) is 0. The molecule has 17 heavy (non-hydrogen) atoms. The standard InChI is InChI=1S/C14H25N3/c1-10-5-6-14(11(2)7-10)15-9-13-8-12(3)16-17(13)4/h8,10-11,14-15H,5-7,9H2,1-4H3. The molecule has 1 aromatic rings. The first-order chi connectivity index (χ1) is 8.06. The van der Waals surface area contributed by atoms with E-state index < -0.39 is 0 Å². The molecule has 1 aliphatic carbocycles. The Balaban J connectivity index is 1.88. The number of aryl methyl sites for hydroxylation is 2. The summed E-state index contributed by atoms with van der Waals surface area (Å²) in [5.41, 5.74) is 2.39. The van der Waals surface area contributed by atoms with Gasteiger partial charge < -0.3 is 5.32 Å². The van der Waals surface area contributed by atoms with E-state index in [1.807, 2.05) is 11.7 Å². The average Bonchev–Trinajstić information content (AvgIpc) is 2.56. The maximum absolute atomic E-state index is 4.38. The molecular formula is C14H25N3. The third kappa shape index (κ3) is 3.09. The molecule has 3 heteroatoms. The van der Waals surface area contributed by atoms with E-state index in [1.54, 1.807) is 0 Å². The molecule has 96 valence electrons. The van der Waals surface area contributed by atoms with Gasteiger partial charge in [0.1, 0.15) is 0 Å². The molecule has 1 aromatic heterocycles. The van der Waals surface area contributed by atoms with Gasteiger partial charge in [0.15, 0.2) is 0 Å². The molecule has 1 saturated carbocycles. The summed E-state index contributed by atoms with van der Waals surface area (Å²) < 4.78 is 1.98. The lowest BCUT2D eigenvalue weighted by molar-refractivity contribution is 0.226. The summed E-state index contributed by atoms with van der Waals surface area (Å²) in [6.07, 6.45) is 4.05. The predicted molar refractivity (Wildman–Crippen MR) is 70.8 cm³/mol. The largest absolute Gasteiger partial charge is 0.308 e. The normalized spacial score (nSPS) is 29.5. The van der Waals surface area contributed by atoms with Crippen LogP contribution >= 0.6 is 0 Å². The molecule has 3 nitrogen and oxygen atoms in total. The highest BCUT2D eigenvalue weighted by atomic mass is 15.3. The van der Waals surface area contributed by atoms with E-state index in [-0.39, 0.29) is 0 Å². The third-order valence-electron chi connectivity index (χ3n) is 4.08. The minimum atomic E-state index is 0.682. The van der Waals surface area contributed by atoms with Crippen LogP contribution in [0.15, 0.2) is 6.07 Å². The van der Waals surface area contributed by atoms with Crippen LogP contribution in [0.1, 0.15) is 44.5 Å². The third-order valence-corrected chi connectivity index (χ3v) is 4.08. The van der Waals surface area contributed by atoms with Gasteiger partial charge in [0.2, 0.25) is 0 Å². The van der Waals surface area contributed by atoms with Crippen LogP contribution in [0.25, 0.3) is 0 Å². The fourth-order valence-corrected chi connectivity index (χ4v) is 3.03. The highest BCUT2D eigenvalue weighted by molar-refractivity contribution is 5.08. The van der Waals surface area contributed by atoms with Crippen molar-refractivity contribution in [3.8, 4) is 0 Å². The minimum absolute atomic E-state index is 0.682. The average molecular weight is 235 g/mol. The van der Waals surface area contributed by atoms with Gasteiger partial charge >= 0.3 is 0 Å². The number of aromatic nitrogens is 2. The van der Waals surface area contributed by atoms with E-state index >= 15 is 0 Å². The first-order valence-electron chi connectivity index (χ1n) is 6.79. The summed E-state index contributed by atoms with van der Waals surface area (Å²) in [5, 5.41) is 8.08. The number of hydrogen-bond donors (Lipinski definition) is 1. The monoisotopic (exact) mass is 235 g/mol. The highest BCUT2D eigenvalue weighted by Crippen LogP contribution is 2.28. The summed E-state index contributed by atoms with van der Waals surface area (Å²) in [5.74, 6) is 1.70. The zero-order chi connectivity index (χ0) is 12.4. The second kappa shape index (κ2) is 5.21. The fraction of sp³-hybridized carbons (Fsp3) is 0.786. The van der Waals surface area contributed by atoms with Crippen molar-refractivity contribution >= 4 is 0 Å². The van der Waals surface area contributed by atoms with Crippen molar-refractivity contribution in [3.63, 3.8) is 0 Å². The molecule has 0 saturated heterocycles. The first-order valence-corrected chi connectivity index (χ1v) is 6.79. The summed E-state index contributed by atoms with van der Waals surface area (Å²) in [7, 11) is 2.02. The van der Waals surface area contributed by atoms with Gasteiger partial charge in [-0.1, -0.05) is 13.8 Å². The molecule has 0 amide bonds. The number of rotatable bonds is 3. The lowest BCUT2D eigenvalue weighted by atomic mass is 9.80. The Hall–Kier alpha value is -0.830. The molecule has 1 heterocycles. The Morgan fingerprint density at radius 3 is 2.76 bits per heavy atom. The molecule has 0 bridgehead atoms. The van der Waals surface area contributed by atoms with Crippen LogP contribution in [0.2, 0.25) is 0 Å². The zero-order valence-electron chi connectivity index (χ0n) is 11.5. The molecule has 3 unspecified atom stereocenters. The molecule has 0 aliphatic heterocycles. The van der Waals surface area contributed by atoms with Gasteiger partial charge in [0, 0.05) is 19.6 Å². The lowest BCUT2D eigenvalue weighted by Gasteiger charge is -2.33. The van der Waals surface area contributed by atoms with Gasteiger partial charge in [-0.05, 0) is 44.1 Å². The first kappa shape index (κ1) is 12.6. The second-order valence-electron chi connectivity index (χ2n) is 5.78. The van der Waals surface area contributed by atoms with Crippen LogP contribution in [0.3, 0.4) is 0 Å². The number of nitrogens with zero attached hydrogens (tertiary/aromatic N) is 2. The molecule has 1 aliphatic rings. The van der Waals surface area contributed by atoms with Crippen molar-refractivity contribution in [3.05, 3.63) is 17.5 Å². The van der Waals surface area contributed by atoms with Crippen LogP contribution in [0, 0.1) is 18.8 Å². The van der Waals surface area contributed by atoms with Crippen molar-refractivity contribution in [2.24, 2.45) is 18.9 Å². The van der Waals surface area contributed by atoms with E-state index in [0.717, 1.165) is 24.1 Å². The Morgan fingerprint density at radius 1 is 1.41 bits per heavy atom. The maximum atomic E-state index is 4.38. The molecule has 1 N–H and O–H groups in total.